The van der Waals surface area contributed by atoms with E-state index >= 15 is 0 Å². The van der Waals surface area contributed by atoms with Gasteiger partial charge in [0.05, 0.1) is 22.9 Å². The Morgan fingerprint density at radius 3 is 2.78 bits per heavy atom. The molecule has 8 heteroatoms. The van der Waals surface area contributed by atoms with Crippen LogP contribution in [0.4, 0.5) is 10.8 Å². The molecule has 0 bridgehead atoms. The number of anilines is 2. The minimum Gasteiger partial charge on any atom is -0.497 e. The van der Waals surface area contributed by atoms with Crippen LogP contribution in [0.25, 0.3) is 10.2 Å². The van der Waals surface area contributed by atoms with E-state index in [4.69, 9.17) is 15.2 Å². The van der Waals surface area contributed by atoms with Crippen LogP contribution >= 0.6 is 11.3 Å². The van der Waals surface area contributed by atoms with Gasteiger partial charge in [-0.2, -0.15) is 0 Å². The molecule has 0 radical (unpaired) electrons. The third kappa shape index (κ3) is 4.35. The first kappa shape index (κ1) is 18.7. The number of benzene rings is 2. The number of ether oxygens (including phenoxy) is 2. The largest absolute Gasteiger partial charge is 0.497 e. The number of methoxy groups -OCH3 is 1. The number of fused-ring (bicyclic) bond motifs is 1. The Balaban J connectivity index is 1.70. The lowest BCUT2D eigenvalue weighted by atomic mass is 10.2. The molecule has 0 aliphatic heterocycles. The van der Waals surface area contributed by atoms with Crippen molar-refractivity contribution in [1.82, 2.24) is 4.98 Å². The number of nitrogens with two attached hydrogens (primary N) is 1. The molecule has 1 heterocycles. The quantitative estimate of drug-likeness (QED) is 0.497. The molecule has 2 aromatic carbocycles. The lowest BCUT2D eigenvalue weighted by Crippen LogP contribution is -2.32. The number of amides is 1. The SMILES string of the molecule is CCC(OC(=O)c1cccc(N)c1)C(=O)Nc1nc2ccc(OC)cc2s1. The zero-order chi connectivity index (χ0) is 19.4. The highest BCUT2D eigenvalue weighted by atomic mass is 32.1. The summed E-state index contributed by atoms with van der Waals surface area (Å²) < 4.78 is 11.4. The summed E-state index contributed by atoms with van der Waals surface area (Å²) in [5.74, 6) is -0.314. The van der Waals surface area contributed by atoms with Crippen molar-refractivity contribution in [2.45, 2.75) is 19.4 Å². The Bertz CT molecular complexity index is 986. The summed E-state index contributed by atoms with van der Waals surface area (Å²) in [6.45, 7) is 1.76. The van der Waals surface area contributed by atoms with Crippen LogP contribution < -0.4 is 15.8 Å². The van der Waals surface area contributed by atoms with Gasteiger partial charge in [-0.25, -0.2) is 9.78 Å². The van der Waals surface area contributed by atoms with E-state index in [0.29, 0.717) is 28.6 Å². The fourth-order valence-electron chi connectivity index (χ4n) is 2.46. The van der Waals surface area contributed by atoms with Gasteiger partial charge in [0.2, 0.25) is 0 Å². The van der Waals surface area contributed by atoms with Crippen molar-refractivity contribution in [3.05, 3.63) is 48.0 Å². The number of rotatable bonds is 6. The molecule has 1 atom stereocenters. The number of hydrogen-bond acceptors (Lipinski definition) is 7. The third-order valence-electron chi connectivity index (χ3n) is 3.86. The lowest BCUT2D eigenvalue weighted by molar-refractivity contribution is -0.124. The smallest absolute Gasteiger partial charge is 0.338 e. The van der Waals surface area contributed by atoms with Gasteiger partial charge in [0.25, 0.3) is 5.91 Å². The standard InChI is InChI=1S/C19H19N3O4S/c1-3-15(26-18(24)11-5-4-6-12(20)9-11)17(23)22-19-21-14-8-7-13(25-2)10-16(14)27-19/h4-10,15H,3,20H2,1-2H3,(H,21,22,23). The van der Waals surface area contributed by atoms with Crippen molar-refractivity contribution in [3.8, 4) is 5.75 Å². The fraction of sp³-hybridized carbons (Fsp3) is 0.211. The van der Waals surface area contributed by atoms with Gasteiger partial charge in [-0.3, -0.25) is 10.1 Å². The molecule has 27 heavy (non-hydrogen) atoms. The Labute approximate surface area is 160 Å². The van der Waals surface area contributed by atoms with Gasteiger partial charge in [0, 0.05) is 5.69 Å². The highest BCUT2D eigenvalue weighted by Gasteiger charge is 2.23. The number of nitrogens with zero attached hydrogens (tertiary/aromatic N) is 1. The van der Waals surface area contributed by atoms with Gasteiger partial charge in [-0.15, -0.1) is 0 Å². The zero-order valence-electron chi connectivity index (χ0n) is 14.9. The molecular formula is C19H19N3O4S. The predicted octanol–water partition coefficient (Wildman–Crippen LogP) is 3.46. The van der Waals surface area contributed by atoms with Gasteiger partial charge >= 0.3 is 5.97 Å². The van der Waals surface area contributed by atoms with Crippen molar-refractivity contribution >= 4 is 44.2 Å². The summed E-state index contributed by atoms with van der Waals surface area (Å²) in [5.41, 5.74) is 7.18. The van der Waals surface area contributed by atoms with Crippen LogP contribution in [0.5, 0.6) is 5.75 Å². The number of nitrogens with one attached hydrogen (secondary N) is 1. The molecule has 0 saturated carbocycles. The maximum absolute atomic E-state index is 12.5. The first-order valence-electron chi connectivity index (χ1n) is 8.32. The van der Waals surface area contributed by atoms with Crippen LogP contribution in [-0.4, -0.2) is 30.1 Å². The van der Waals surface area contributed by atoms with E-state index in [1.165, 1.54) is 17.4 Å². The van der Waals surface area contributed by atoms with Crippen LogP contribution in [0.1, 0.15) is 23.7 Å². The lowest BCUT2D eigenvalue weighted by Gasteiger charge is -2.15. The van der Waals surface area contributed by atoms with Crippen molar-refractivity contribution < 1.29 is 19.1 Å². The first-order chi connectivity index (χ1) is 13.0. The summed E-state index contributed by atoms with van der Waals surface area (Å²) in [5, 5.41) is 3.15. The van der Waals surface area contributed by atoms with E-state index in [1.807, 2.05) is 12.1 Å². The molecule has 1 amide bonds. The second-order valence-electron chi connectivity index (χ2n) is 5.77. The third-order valence-corrected chi connectivity index (χ3v) is 4.79. The molecule has 7 nitrogen and oxygen atoms in total. The van der Waals surface area contributed by atoms with Crippen LogP contribution in [0.2, 0.25) is 0 Å². The van der Waals surface area contributed by atoms with Gasteiger partial charge in [-0.05, 0) is 42.8 Å². The molecule has 0 spiro atoms. The molecular weight excluding hydrogens is 366 g/mol. The average molecular weight is 385 g/mol. The van der Waals surface area contributed by atoms with E-state index < -0.39 is 18.0 Å². The van der Waals surface area contributed by atoms with Crippen LogP contribution in [0.15, 0.2) is 42.5 Å². The van der Waals surface area contributed by atoms with Crippen molar-refractivity contribution in [2.24, 2.45) is 0 Å². The molecule has 0 saturated heterocycles. The van der Waals surface area contributed by atoms with E-state index in [1.54, 1.807) is 38.3 Å². The maximum atomic E-state index is 12.5. The van der Waals surface area contributed by atoms with Gasteiger partial charge in [0.15, 0.2) is 11.2 Å². The Hall–Kier alpha value is -3.13. The maximum Gasteiger partial charge on any atom is 0.338 e. The number of thiazole rings is 1. The Kier molecular flexibility index (Phi) is 5.56. The molecule has 3 aromatic rings. The van der Waals surface area contributed by atoms with Crippen LogP contribution in [-0.2, 0) is 9.53 Å². The number of nitrogen functional groups attached to an aromatic ring is 1. The second kappa shape index (κ2) is 8.05. The molecule has 1 unspecified atom stereocenters. The summed E-state index contributed by atoms with van der Waals surface area (Å²) in [7, 11) is 1.59. The molecule has 140 valence electrons. The topological polar surface area (TPSA) is 104 Å². The average Bonchev–Trinajstić information content (AvgIpc) is 3.06. The highest BCUT2D eigenvalue weighted by Crippen LogP contribution is 2.29. The van der Waals surface area contributed by atoms with Gasteiger partial charge in [-0.1, -0.05) is 24.3 Å². The molecule has 0 aliphatic rings. The Morgan fingerprint density at radius 1 is 1.26 bits per heavy atom. The van der Waals surface area contributed by atoms with Gasteiger partial charge in [0.1, 0.15) is 5.75 Å². The Morgan fingerprint density at radius 2 is 2.07 bits per heavy atom. The van der Waals surface area contributed by atoms with Crippen LogP contribution in [0.3, 0.4) is 0 Å². The second-order valence-corrected chi connectivity index (χ2v) is 6.80. The molecule has 0 aliphatic carbocycles. The number of carbonyl (C=O) groups is 2. The molecule has 0 fully saturated rings. The van der Waals surface area contributed by atoms with E-state index in [2.05, 4.69) is 10.3 Å². The van der Waals surface area contributed by atoms with Gasteiger partial charge < -0.3 is 15.2 Å². The number of hydrogen-bond donors (Lipinski definition) is 2. The van der Waals surface area contributed by atoms with Crippen LogP contribution in [0, 0.1) is 0 Å². The van der Waals surface area contributed by atoms with Crippen molar-refractivity contribution in [3.63, 3.8) is 0 Å². The van der Waals surface area contributed by atoms with Crippen molar-refractivity contribution in [1.29, 1.82) is 0 Å². The number of esters is 1. The highest BCUT2D eigenvalue weighted by molar-refractivity contribution is 7.22. The zero-order valence-corrected chi connectivity index (χ0v) is 15.7. The fourth-order valence-corrected chi connectivity index (χ4v) is 3.35. The minimum atomic E-state index is -0.930. The molecule has 1 aromatic heterocycles. The first-order valence-corrected chi connectivity index (χ1v) is 9.13. The summed E-state index contributed by atoms with van der Waals surface area (Å²) in [4.78, 5) is 29.1. The number of carbonyl (C=O) groups excluding carboxylic acids is 2. The van der Waals surface area contributed by atoms with Crippen molar-refractivity contribution in [2.75, 3.05) is 18.2 Å². The number of aromatic nitrogens is 1. The summed E-state index contributed by atoms with van der Waals surface area (Å²) >= 11 is 1.32. The monoisotopic (exact) mass is 385 g/mol. The van der Waals surface area contributed by atoms with E-state index in [0.717, 1.165) is 10.2 Å². The molecule has 3 N–H and O–H groups in total. The summed E-state index contributed by atoms with van der Waals surface area (Å²) in [6, 6.07) is 11.9. The van der Waals surface area contributed by atoms with E-state index in [-0.39, 0.29) is 0 Å². The molecule has 3 rings (SSSR count). The van der Waals surface area contributed by atoms with E-state index in [9.17, 15) is 9.59 Å². The normalized spacial score (nSPS) is 11.8. The minimum absolute atomic E-state index is 0.299. The summed E-state index contributed by atoms with van der Waals surface area (Å²) in [6.07, 6.45) is -0.598. The predicted molar refractivity (Wildman–Crippen MR) is 105 cm³/mol.